The second-order valence-electron chi connectivity index (χ2n) is 6.78. The molecule has 2 heterocycles. The van der Waals surface area contributed by atoms with Crippen LogP contribution in [0.15, 0.2) is 43.5 Å². The monoisotopic (exact) mass is 396 g/mol. The molecule has 0 aromatic carbocycles. The summed E-state index contributed by atoms with van der Waals surface area (Å²) in [6.45, 7) is 10.6. The highest BCUT2D eigenvalue weighted by atomic mass is 16.2. The molecular weight excluding hydrogens is 368 g/mol. The Balaban J connectivity index is 1.95. The van der Waals surface area contributed by atoms with Crippen LogP contribution in [0.5, 0.6) is 0 Å². The van der Waals surface area contributed by atoms with E-state index >= 15 is 0 Å². The quantitative estimate of drug-likeness (QED) is 0.374. The highest BCUT2D eigenvalue weighted by molar-refractivity contribution is 5.93. The van der Waals surface area contributed by atoms with Crippen LogP contribution in [0.1, 0.15) is 25.3 Å². The van der Waals surface area contributed by atoms with Crippen LogP contribution in [0, 0.1) is 11.8 Å². The fraction of sp³-hybridized carbons (Fsp3) is 0.381. The Morgan fingerprint density at radius 2 is 2.07 bits per heavy atom. The minimum Gasteiger partial charge on any atom is -0.359 e. The Morgan fingerprint density at radius 1 is 1.34 bits per heavy atom. The molecule has 2 amide bonds. The summed E-state index contributed by atoms with van der Waals surface area (Å²) in [5.74, 6) is 7.38. The second-order valence-corrected chi connectivity index (χ2v) is 6.78. The number of rotatable bonds is 8. The highest BCUT2D eigenvalue weighted by Crippen LogP contribution is 2.25. The molecule has 2 rings (SSSR count). The molecule has 0 bridgehead atoms. The van der Waals surface area contributed by atoms with E-state index in [1.807, 2.05) is 19.1 Å². The van der Waals surface area contributed by atoms with E-state index in [9.17, 15) is 9.59 Å². The molecule has 29 heavy (non-hydrogen) atoms. The number of nitrogens with zero attached hydrogens (tertiary/aromatic N) is 2. The maximum atomic E-state index is 12.2. The van der Waals surface area contributed by atoms with Gasteiger partial charge < -0.3 is 20.9 Å². The lowest BCUT2D eigenvalue weighted by molar-refractivity contribution is -0.131. The summed E-state index contributed by atoms with van der Waals surface area (Å²) in [7, 11) is 1.74. The lowest BCUT2D eigenvalue weighted by Gasteiger charge is -2.40. The molecule has 0 spiro atoms. The zero-order chi connectivity index (χ0) is 21.3. The number of carbonyl (C=O) groups is 2. The molecule has 8 heteroatoms. The van der Waals surface area contributed by atoms with Crippen molar-refractivity contribution in [2.45, 2.75) is 31.3 Å². The number of piperidine rings is 1. The van der Waals surface area contributed by atoms with Gasteiger partial charge in [0.15, 0.2) is 0 Å². The topological polar surface area (TPSA) is 98.4 Å². The molecule has 1 aromatic heterocycles. The van der Waals surface area contributed by atoms with Crippen LogP contribution >= 0.6 is 0 Å². The number of carbonyl (C=O) groups excluding carboxylic acids is 2. The third-order valence-corrected chi connectivity index (χ3v) is 4.89. The Kier molecular flexibility index (Phi) is 7.80. The largest absolute Gasteiger partial charge is 0.359 e. The Hall–Kier alpha value is -3.31. The van der Waals surface area contributed by atoms with Crippen molar-refractivity contribution < 1.29 is 9.59 Å². The number of pyridine rings is 1. The molecule has 1 unspecified atom stereocenters. The predicted octanol–water partition coefficient (Wildman–Crippen LogP) is 0.447. The molecule has 0 radical (unpaired) electrons. The van der Waals surface area contributed by atoms with Crippen LogP contribution in [-0.2, 0) is 9.59 Å². The van der Waals surface area contributed by atoms with E-state index in [1.54, 1.807) is 19.4 Å². The van der Waals surface area contributed by atoms with E-state index in [1.165, 1.54) is 0 Å². The standard InChI is InChI=1S/C21H28N6O2/c1-5-23-17(3)26-16(2)6-7-18-8-9-19(24-14-18)27-12-10-21(22-4,11-13-27)20(29)25-15-28/h5,8-9,14-16,22-23,26H,1,3,10-13H2,2,4H3,(H,25,28,29). The van der Waals surface area contributed by atoms with Crippen molar-refractivity contribution >= 4 is 18.1 Å². The number of hydrogen-bond donors (Lipinski definition) is 4. The first-order chi connectivity index (χ1) is 13.9. The van der Waals surface area contributed by atoms with E-state index in [4.69, 9.17) is 0 Å². The van der Waals surface area contributed by atoms with Crippen molar-refractivity contribution in [3.05, 3.63) is 49.1 Å². The van der Waals surface area contributed by atoms with Crippen LogP contribution in [0.3, 0.4) is 0 Å². The van der Waals surface area contributed by atoms with Crippen LogP contribution < -0.4 is 26.2 Å². The number of hydrogen-bond acceptors (Lipinski definition) is 7. The predicted molar refractivity (Wildman–Crippen MR) is 114 cm³/mol. The van der Waals surface area contributed by atoms with Crippen molar-refractivity contribution in [1.29, 1.82) is 0 Å². The van der Waals surface area contributed by atoms with E-state index in [0.717, 1.165) is 11.4 Å². The average Bonchev–Trinajstić information content (AvgIpc) is 2.73. The summed E-state index contributed by atoms with van der Waals surface area (Å²) in [4.78, 5) is 29.4. The zero-order valence-electron chi connectivity index (χ0n) is 16.9. The lowest BCUT2D eigenvalue weighted by Crippen LogP contribution is -2.60. The summed E-state index contributed by atoms with van der Waals surface area (Å²) < 4.78 is 0. The Bertz CT molecular complexity index is 801. The first kappa shape index (κ1) is 22.0. The molecule has 4 N–H and O–H groups in total. The van der Waals surface area contributed by atoms with Crippen LogP contribution in [0.4, 0.5) is 5.82 Å². The van der Waals surface area contributed by atoms with Gasteiger partial charge in [0.2, 0.25) is 12.3 Å². The number of nitrogens with one attached hydrogen (secondary N) is 4. The Morgan fingerprint density at radius 3 is 2.62 bits per heavy atom. The molecule has 154 valence electrons. The van der Waals surface area contributed by atoms with Gasteiger partial charge in [-0.2, -0.15) is 0 Å². The molecule has 1 atom stereocenters. The zero-order valence-corrected chi connectivity index (χ0v) is 16.9. The molecule has 1 aromatic rings. The molecule has 1 aliphatic heterocycles. The van der Waals surface area contributed by atoms with Crippen LogP contribution in [0.25, 0.3) is 0 Å². The van der Waals surface area contributed by atoms with Crippen molar-refractivity contribution in [1.82, 2.24) is 26.3 Å². The van der Waals surface area contributed by atoms with Crippen molar-refractivity contribution in [3.63, 3.8) is 0 Å². The average molecular weight is 396 g/mol. The third kappa shape index (κ3) is 5.83. The van der Waals surface area contributed by atoms with Gasteiger partial charge in [-0.1, -0.05) is 25.0 Å². The molecule has 1 aliphatic rings. The summed E-state index contributed by atoms with van der Waals surface area (Å²) in [6.07, 6.45) is 4.88. The minimum absolute atomic E-state index is 0.0797. The number of imide groups is 1. The molecular formula is C21H28N6O2. The van der Waals surface area contributed by atoms with Gasteiger partial charge >= 0.3 is 0 Å². The normalized spacial score (nSPS) is 15.9. The van der Waals surface area contributed by atoms with Crippen molar-refractivity contribution in [3.8, 4) is 11.8 Å². The van der Waals surface area contributed by atoms with Gasteiger partial charge in [-0.3, -0.25) is 14.9 Å². The van der Waals surface area contributed by atoms with Crippen LogP contribution in [0.2, 0.25) is 0 Å². The molecule has 8 nitrogen and oxygen atoms in total. The highest BCUT2D eigenvalue weighted by Gasteiger charge is 2.40. The first-order valence-electron chi connectivity index (χ1n) is 9.43. The number of aromatic nitrogens is 1. The van der Waals surface area contributed by atoms with Gasteiger partial charge in [0.05, 0.1) is 11.9 Å². The fourth-order valence-electron chi connectivity index (χ4n) is 3.20. The van der Waals surface area contributed by atoms with Gasteiger partial charge in [0, 0.05) is 24.8 Å². The van der Waals surface area contributed by atoms with Crippen molar-refractivity contribution in [2.24, 2.45) is 0 Å². The number of anilines is 1. The van der Waals surface area contributed by atoms with Gasteiger partial charge in [-0.25, -0.2) is 4.98 Å². The molecule has 0 saturated carbocycles. The number of amides is 2. The third-order valence-electron chi connectivity index (χ3n) is 4.89. The second kappa shape index (κ2) is 10.3. The summed E-state index contributed by atoms with van der Waals surface area (Å²) in [5.41, 5.74) is 0.0906. The van der Waals surface area contributed by atoms with Gasteiger partial charge in [-0.15, -0.1) is 0 Å². The lowest BCUT2D eigenvalue weighted by atomic mass is 9.86. The van der Waals surface area contributed by atoms with Gasteiger partial charge in [0.25, 0.3) is 0 Å². The van der Waals surface area contributed by atoms with Crippen molar-refractivity contribution in [2.75, 3.05) is 25.0 Å². The Labute approximate surface area is 171 Å². The summed E-state index contributed by atoms with van der Waals surface area (Å²) >= 11 is 0. The number of likely N-dealkylation sites (N-methyl/N-ethyl adjacent to an activating group) is 1. The van der Waals surface area contributed by atoms with Gasteiger partial charge in [0.1, 0.15) is 11.4 Å². The molecule has 1 fully saturated rings. The SMILES string of the molecule is C=CNC(=C)NC(C)C#Cc1ccc(N2CCC(NC)(C(=O)NC=O)CC2)nc1. The first-order valence-corrected chi connectivity index (χ1v) is 9.43. The maximum absolute atomic E-state index is 12.2. The van der Waals surface area contributed by atoms with E-state index in [-0.39, 0.29) is 11.9 Å². The maximum Gasteiger partial charge on any atom is 0.246 e. The van der Waals surface area contributed by atoms with Gasteiger partial charge in [-0.05, 0) is 45.1 Å². The molecule has 0 aliphatic carbocycles. The van der Waals surface area contributed by atoms with E-state index in [2.05, 4.69) is 56.1 Å². The summed E-state index contributed by atoms with van der Waals surface area (Å²) in [5, 5.41) is 11.3. The smallest absolute Gasteiger partial charge is 0.246 e. The summed E-state index contributed by atoms with van der Waals surface area (Å²) in [6, 6.07) is 3.78. The van der Waals surface area contributed by atoms with E-state index in [0.29, 0.717) is 38.2 Å². The van der Waals surface area contributed by atoms with Crippen LogP contribution in [-0.4, -0.2) is 49.0 Å². The van der Waals surface area contributed by atoms with E-state index < -0.39 is 5.54 Å². The molecule has 1 saturated heterocycles. The minimum atomic E-state index is -0.726. The fourth-order valence-corrected chi connectivity index (χ4v) is 3.20.